The van der Waals surface area contributed by atoms with Crippen molar-refractivity contribution in [1.82, 2.24) is 15.3 Å². The van der Waals surface area contributed by atoms with Crippen molar-refractivity contribution in [3.8, 4) is 11.5 Å². The van der Waals surface area contributed by atoms with E-state index in [1.165, 1.54) is 12.3 Å². The van der Waals surface area contributed by atoms with Gasteiger partial charge in [-0.2, -0.15) is 0 Å². The highest BCUT2D eigenvalue weighted by molar-refractivity contribution is 5.92. The van der Waals surface area contributed by atoms with Gasteiger partial charge in [-0.05, 0) is 23.8 Å². The van der Waals surface area contributed by atoms with Crippen LogP contribution in [-0.2, 0) is 11.3 Å². The molecule has 1 amide bonds. The molecular formula is C20H19FN4O3. The maximum absolute atomic E-state index is 14.4. The number of carbonyl (C=O) groups excluding carboxylic acids is 1. The van der Waals surface area contributed by atoms with Gasteiger partial charge < -0.3 is 19.4 Å². The second-order valence-corrected chi connectivity index (χ2v) is 6.34. The van der Waals surface area contributed by atoms with E-state index in [1.54, 1.807) is 6.20 Å². The van der Waals surface area contributed by atoms with Crippen LogP contribution in [0.5, 0.6) is 0 Å². The lowest BCUT2D eigenvalue weighted by molar-refractivity contribution is 0.0945. The summed E-state index contributed by atoms with van der Waals surface area (Å²) < 4.78 is 25.0. The summed E-state index contributed by atoms with van der Waals surface area (Å²) in [5.41, 5.74) is 1.51. The van der Waals surface area contributed by atoms with Crippen molar-refractivity contribution < 1.29 is 18.3 Å². The number of carbonyl (C=O) groups is 1. The van der Waals surface area contributed by atoms with E-state index in [1.807, 2.05) is 35.2 Å². The highest BCUT2D eigenvalue weighted by atomic mass is 19.1. The van der Waals surface area contributed by atoms with E-state index in [9.17, 15) is 9.18 Å². The molecule has 144 valence electrons. The molecule has 0 unspecified atom stereocenters. The number of nitrogens with zero attached hydrogens (tertiary/aromatic N) is 3. The number of ether oxygens (including phenoxy) is 1. The molecular weight excluding hydrogens is 363 g/mol. The van der Waals surface area contributed by atoms with Gasteiger partial charge in [0.1, 0.15) is 6.26 Å². The predicted molar refractivity (Wildman–Crippen MR) is 100 cm³/mol. The third kappa shape index (κ3) is 4.01. The predicted octanol–water partition coefficient (Wildman–Crippen LogP) is 2.64. The topological polar surface area (TPSA) is 80.5 Å². The Morgan fingerprint density at radius 1 is 1.21 bits per heavy atom. The second-order valence-electron chi connectivity index (χ2n) is 6.34. The Labute approximate surface area is 161 Å². The SMILES string of the molecule is O=C(NCc1cnc(N2CCOCC2)c(F)c1)c1coc(-c2ccccc2)n1. The Balaban J connectivity index is 1.38. The smallest absolute Gasteiger partial charge is 0.273 e. The van der Waals surface area contributed by atoms with Crippen LogP contribution < -0.4 is 10.2 Å². The first-order chi connectivity index (χ1) is 13.7. The number of pyridine rings is 1. The number of halogens is 1. The van der Waals surface area contributed by atoms with Gasteiger partial charge in [0.15, 0.2) is 17.3 Å². The summed E-state index contributed by atoms with van der Waals surface area (Å²) in [5.74, 6) is -0.138. The number of rotatable bonds is 5. The van der Waals surface area contributed by atoms with Crippen LogP contribution in [0, 0.1) is 5.82 Å². The molecule has 3 aromatic rings. The molecule has 1 aliphatic heterocycles. The summed E-state index contributed by atoms with van der Waals surface area (Å²) in [4.78, 5) is 22.5. The molecule has 0 aliphatic carbocycles. The van der Waals surface area contributed by atoms with Crippen molar-refractivity contribution in [2.75, 3.05) is 31.2 Å². The van der Waals surface area contributed by atoms with Crippen LogP contribution in [-0.4, -0.2) is 42.2 Å². The number of aromatic nitrogens is 2. The Morgan fingerprint density at radius 2 is 2.00 bits per heavy atom. The fraction of sp³-hybridized carbons (Fsp3) is 0.250. The van der Waals surface area contributed by atoms with E-state index in [0.717, 1.165) is 5.56 Å². The summed E-state index contributed by atoms with van der Waals surface area (Å²) >= 11 is 0. The lowest BCUT2D eigenvalue weighted by atomic mass is 10.2. The number of nitrogens with one attached hydrogen (secondary N) is 1. The molecule has 28 heavy (non-hydrogen) atoms. The maximum atomic E-state index is 14.4. The molecule has 1 aliphatic rings. The Hall–Kier alpha value is -3.26. The standard InChI is InChI=1S/C20H19FN4O3/c21-16-10-14(11-22-18(16)25-6-8-27-9-7-25)12-23-19(26)17-13-28-20(24-17)15-4-2-1-3-5-15/h1-5,10-11,13H,6-9,12H2,(H,23,26). The molecule has 0 radical (unpaired) electrons. The fourth-order valence-electron chi connectivity index (χ4n) is 2.94. The zero-order chi connectivity index (χ0) is 19.3. The first-order valence-corrected chi connectivity index (χ1v) is 8.97. The van der Waals surface area contributed by atoms with Crippen LogP contribution in [0.4, 0.5) is 10.2 Å². The largest absolute Gasteiger partial charge is 0.444 e. The van der Waals surface area contributed by atoms with Gasteiger partial charge in [0.25, 0.3) is 5.91 Å². The average molecular weight is 382 g/mol. The van der Waals surface area contributed by atoms with Gasteiger partial charge in [-0.25, -0.2) is 14.4 Å². The molecule has 2 aromatic heterocycles. The van der Waals surface area contributed by atoms with Gasteiger partial charge >= 0.3 is 0 Å². The summed E-state index contributed by atoms with van der Waals surface area (Å²) in [6.45, 7) is 2.47. The first kappa shape index (κ1) is 18.1. The third-order valence-electron chi connectivity index (χ3n) is 4.40. The monoisotopic (exact) mass is 382 g/mol. The summed E-state index contributed by atoms with van der Waals surface area (Å²) in [6, 6.07) is 10.7. The van der Waals surface area contributed by atoms with Gasteiger partial charge in [-0.15, -0.1) is 0 Å². The molecule has 1 fully saturated rings. The summed E-state index contributed by atoms with van der Waals surface area (Å²) in [7, 11) is 0. The number of hydrogen-bond donors (Lipinski definition) is 1. The Kier molecular flexibility index (Phi) is 5.29. The number of hydrogen-bond acceptors (Lipinski definition) is 6. The van der Waals surface area contributed by atoms with E-state index in [-0.39, 0.29) is 12.2 Å². The number of amides is 1. The van der Waals surface area contributed by atoms with Crippen LogP contribution in [0.15, 0.2) is 53.3 Å². The minimum atomic E-state index is -0.415. The highest BCUT2D eigenvalue weighted by Gasteiger charge is 2.17. The fourth-order valence-corrected chi connectivity index (χ4v) is 2.94. The van der Waals surface area contributed by atoms with E-state index in [2.05, 4.69) is 15.3 Å². The van der Waals surface area contributed by atoms with Gasteiger partial charge in [-0.3, -0.25) is 4.79 Å². The minimum absolute atomic E-state index is 0.139. The molecule has 7 nitrogen and oxygen atoms in total. The van der Waals surface area contributed by atoms with Crippen molar-refractivity contribution in [2.45, 2.75) is 6.54 Å². The molecule has 0 saturated carbocycles. The lowest BCUT2D eigenvalue weighted by Gasteiger charge is -2.28. The summed E-state index contributed by atoms with van der Waals surface area (Å²) in [6.07, 6.45) is 2.87. The van der Waals surface area contributed by atoms with E-state index in [4.69, 9.17) is 9.15 Å². The number of morpholine rings is 1. The molecule has 1 saturated heterocycles. The minimum Gasteiger partial charge on any atom is -0.444 e. The molecule has 4 rings (SSSR count). The third-order valence-corrected chi connectivity index (χ3v) is 4.40. The van der Waals surface area contributed by atoms with Crippen LogP contribution in [0.25, 0.3) is 11.5 Å². The van der Waals surface area contributed by atoms with Gasteiger partial charge in [0.05, 0.1) is 13.2 Å². The summed E-state index contributed by atoms with van der Waals surface area (Å²) in [5, 5.41) is 2.70. The van der Waals surface area contributed by atoms with Gasteiger partial charge in [-0.1, -0.05) is 18.2 Å². The maximum Gasteiger partial charge on any atom is 0.273 e. The first-order valence-electron chi connectivity index (χ1n) is 8.97. The van der Waals surface area contributed by atoms with Crippen molar-refractivity contribution in [1.29, 1.82) is 0 Å². The molecule has 0 atom stereocenters. The molecule has 1 aromatic carbocycles. The van der Waals surface area contributed by atoms with E-state index < -0.39 is 11.7 Å². The Morgan fingerprint density at radius 3 is 2.75 bits per heavy atom. The molecule has 8 heteroatoms. The second kappa shape index (κ2) is 8.18. The van der Waals surface area contributed by atoms with E-state index >= 15 is 0 Å². The molecule has 0 spiro atoms. The Bertz CT molecular complexity index is 955. The van der Waals surface area contributed by atoms with Crippen LogP contribution >= 0.6 is 0 Å². The zero-order valence-corrected chi connectivity index (χ0v) is 15.1. The van der Waals surface area contributed by atoms with Crippen LogP contribution in [0.1, 0.15) is 16.1 Å². The molecule has 3 heterocycles. The molecule has 1 N–H and O–H groups in total. The van der Waals surface area contributed by atoms with Crippen molar-refractivity contribution in [3.05, 3.63) is 65.9 Å². The van der Waals surface area contributed by atoms with Gasteiger partial charge in [0.2, 0.25) is 5.89 Å². The lowest BCUT2D eigenvalue weighted by Crippen LogP contribution is -2.37. The van der Waals surface area contributed by atoms with Crippen LogP contribution in [0.2, 0.25) is 0 Å². The quantitative estimate of drug-likeness (QED) is 0.731. The zero-order valence-electron chi connectivity index (χ0n) is 15.1. The highest BCUT2D eigenvalue weighted by Crippen LogP contribution is 2.19. The normalized spacial score (nSPS) is 14.1. The van der Waals surface area contributed by atoms with E-state index in [0.29, 0.717) is 43.6 Å². The van der Waals surface area contributed by atoms with Gasteiger partial charge in [0, 0.05) is 31.4 Å². The number of anilines is 1. The number of benzene rings is 1. The average Bonchev–Trinajstić information content (AvgIpc) is 3.24. The van der Waals surface area contributed by atoms with Crippen molar-refractivity contribution in [3.63, 3.8) is 0 Å². The van der Waals surface area contributed by atoms with Crippen LogP contribution in [0.3, 0.4) is 0 Å². The van der Waals surface area contributed by atoms with Crippen molar-refractivity contribution in [2.24, 2.45) is 0 Å². The molecule has 0 bridgehead atoms. The van der Waals surface area contributed by atoms with Crippen molar-refractivity contribution >= 4 is 11.7 Å². The number of oxazole rings is 1.